The van der Waals surface area contributed by atoms with Crippen molar-refractivity contribution >= 4 is 23.6 Å². The maximum atomic E-state index is 11.4. The van der Waals surface area contributed by atoms with Crippen LogP contribution in [0.3, 0.4) is 0 Å². The minimum absolute atomic E-state index is 0.0748. The lowest BCUT2D eigenvalue weighted by Gasteiger charge is -2.22. The molecule has 0 fully saturated rings. The Morgan fingerprint density at radius 3 is 2.58 bits per heavy atom. The Morgan fingerprint density at radius 2 is 1.81 bits per heavy atom. The number of nitrogens with one attached hydrogen (secondary N) is 1. The molecule has 1 unspecified atom stereocenters. The van der Waals surface area contributed by atoms with E-state index in [1.807, 2.05) is 20.8 Å². The van der Waals surface area contributed by atoms with Crippen LogP contribution in [0.4, 0.5) is 5.69 Å². The second-order valence-corrected chi connectivity index (χ2v) is 8.72. The molecule has 1 heterocycles. The van der Waals surface area contributed by atoms with E-state index in [9.17, 15) is 4.79 Å². The number of anilines is 1. The summed E-state index contributed by atoms with van der Waals surface area (Å²) in [6.07, 6.45) is 4.74. The molecule has 5 heteroatoms. The number of unbranched alkanes of at least 4 members (excludes halogenated alkanes) is 3. The number of aryl methyl sites for hydroxylation is 1. The summed E-state index contributed by atoms with van der Waals surface area (Å²) >= 11 is 1.80. The first-order chi connectivity index (χ1) is 15.1. The molecule has 0 bridgehead atoms. The van der Waals surface area contributed by atoms with E-state index in [1.165, 1.54) is 27.3 Å². The van der Waals surface area contributed by atoms with Gasteiger partial charge in [-0.3, -0.25) is 4.79 Å². The van der Waals surface area contributed by atoms with Crippen molar-refractivity contribution in [1.29, 1.82) is 0 Å². The Hall–Kier alpha value is -1.98. The molecule has 4 nitrogen and oxygen atoms in total. The molecule has 1 aliphatic heterocycles. The van der Waals surface area contributed by atoms with Gasteiger partial charge in [0.05, 0.1) is 18.3 Å². The molecule has 1 atom stereocenters. The number of hydrogen-bond donors (Lipinski definition) is 1. The molecule has 0 spiro atoms. The minimum atomic E-state index is -0.0748. The van der Waals surface area contributed by atoms with Gasteiger partial charge in [-0.1, -0.05) is 57.0 Å². The predicted octanol–water partition coefficient (Wildman–Crippen LogP) is 6.67. The number of esters is 1. The fourth-order valence-electron chi connectivity index (χ4n) is 3.79. The Labute approximate surface area is 192 Å². The fraction of sp³-hybridized carbons (Fsp3) is 0.500. The number of fused-ring (bicyclic) bond motifs is 2. The Morgan fingerprint density at radius 1 is 1.06 bits per heavy atom. The SMILES string of the molecule is CC.CCOC(=O)CCCCCCNC1c2ccc(C)cc2SN(C)c2ccccc21. The second-order valence-electron chi connectivity index (χ2n) is 7.55. The van der Waals surface area contributed by atoms with E-state index < -0.39 is 0 Å². The van der Waals surface area contributed by atoms with Crippen LogP contribution in [0.1, 0.15) is 75.6 Å². The molecule has 0 saturated heterocycles. The molecule has 3 rings (SSSR count). The highest BCUT2D eigenvalue weighted by Gasteiger charge is 2.26. The summed E-state index contributed by atoms with van der Waals surface area (Å²) in [5.74, 6) is -0.0748. The van der Waals surface area contributed by atoms with Crippen molar-refractivity contribution in [2.45, 2.75) is 70.7 Å². The molecular formula is C26H38N2O2S. The quantitative estimate of drug-likeness (QED) is 0.267. The van der Waals surface area contributed by atoms with Crippen LogP contribution in [0, 0.1) is 6.92 Å². The molecule has 31 heavy (non-hydrogen) atoms. The van der Waals surface area contributed by atoms with Gasteiger partial charge in [0, 0.05) is 18.4 Å². The van der Waals surface area contributed by atoms with Crippen molar-refractivity contribution in [3.05, 3.63) is 59.2 Å². The fourth-order valence-corrected chi connectivity index (χ4v) is 4.88. The second kappa shape index (κ2) is 13.4. The average molecular weight is 443 g/mol. The Bertz CT molecular complexity index is 825. The van der Waals surface area contributed by atoms with Gasteiger partial charge >= 0.3 is 5.97 Å². The van der Waals surface area contributed by atoms with Crippen molar-refractivity contribution in [3.8, 4) is 0 Å². The number of rotatable bonds is 9. The first kappa shape index (κ1) is 25.3. The van der Waals surface area contributed by atoms with E-state index in [2.05, 4.69) is 66.1 Å². The molecule has 0 aliphatic carbocycles. The summed E-state index contributed by atoms with van der Waals surface area (Å²) in [5.41, 5.74) is 5.22. The van der Waals surface area contributed by atoms with E-state index in [1.54, 1.807) is 11.9 Å². The maximum absolute atomic E-state index is 11.4. The van der Waals surface area contributed by atoms with Gasteiger partial charge in [0.1, 0.15) is 0 Å². The van der Waals surface area contributed by atoms with Crippen LogP contribution >= 0.6 is 11.9 Å². The van der Waals surface area contributed by atoms with Gasteiger partial charge in [-0.05, 0) is 74.0 Å². The molecule has 0 amide bonds. The van der Waals surface area contributed by atoms with Crippen LogP contribution in [0.2, 0.25) is 0 Å². The van der Waals surface area contributed by atoms with Gasteiger partial charge in [0.15, 0.2) is 0 Å². The molecule has 2 aromatic carbocycles. The summed E-state index contributed by atoms with van der Waals surface area (Å²) in [6.45, 7) is 9.43. The molecule has 170 valence electrons. The zero-order chi connectivity index (χ0) is 22.6. The topological polar surface area (TPSA) is 41.6 Å². The zero-order valence-corrected chi connectivity index (χ0v) is 20.6. The van der Waals surface area contributed by atoms with Gasteiger partial charge in [0.25, 0.3) is 0 Å². The number of nitrogens with zero attached hydrogens (tertiary/aromatic N) is 1. The molecule has 1 aliphatic rings. The summed E-state index contributed by atoms with van der Waals surface area (Å²) in [6, 6.07) is 15.6. The molecule has 0 saturated carbocycles. The monoisotopic (exact) mass is 442 g/mol. The van der Waals surface area contributed by atoms with Gasteiger partial charge in [-0.2, -0.15) is 0 Å². The molecule has 2 aromatic rings. The lowest BCUT2D eigenvalue weighted by Crippen LogP contribution is -2.24. The highest BCUT2D eigenvalue weighted by molar-refractivity contribution is 8.00. The van der Waals surface area contributed by atoms with E-state index in [-0.39, 0.29) is 12.0 Å². The molecule has 0 radical (unpaired) electrons. The smallest absolute Gasteiger partial charge is 0.305 e. The Kier molecular flexibility index (Phi) is 11.0. The minimum Gasteiger partial charge on any atom is -0.466 e. The van der Waals surface area contributed by atoms with E-state index in [0.29, 0.717) is 13.0 Å². The first-order valence-corrected chi connectivity index (χ1v) is 12.4. The van der Waals surface area contributed by atoms with Crippen LogP contribution in [-0.2, 0) is 9.53 Å². The van der Waals surface area contributed by atoms with Crippen LogP contribution in [0.5, 0.6) is 0 Å². The highest BCUT2D eigenvalue weighted by Crippen LogP contribution is 2.43. The lowest BCUT2D eigenvalue weighted by atomic mass is 9.96. The standard InChI is InChI=1S/C24H32N2O2S.C2H6/c1-4-28-23(27)13-7-5-6-10-16-25-24-19-11-8-9-12-21(19)26(3)29-22-17-18(2)14-15-20(22)24;1-2/h8-9,11-12,14-15,17,24-25H,4-7,10,13,16H2,1-3H3;1-2H3. The average Bonchev–Trinajstić information content (AvgIpc) is 2.89. The highest BCUT2D eigenvalue weighted by atomic mass is 32.2. The number of benzene rings is 2. The first-order valence-electron chi connectivity index (χ1n) is 11.6. The van der Waals surface area contributed by atoms with Gasteiger partial charge in [0.2, 0.25) is 0 Å². The van der Waals surface area contributed by atoms with Gasteiger partial charge < -0.3 is 14.4 Å². The third kappa shape index (κ3) is 7.29. The lowest BCUT2D eigenvalue weighted by molar-refractivity contribution is -0.143. The van der Waals surface area contributed by atoms with Crippen molar-refractivity contribution in [1.82, 2.24) is 5.32 Å². The van der Waals surface area contributed by atoms with Crippen LogP contribution in [0.25, 0.3) is 0 Å². The van der Waals surface area contributed by atoms with E-state index in [4.69, 9.17) is 4.74 Å². The third-order valence-corrected chi connectivity index (χ3v) is 6.28. The van der Waals surface area contributed by atoms with Crippen LogP contribution in [-0.4, -0.2) is 26.2 Å². The van der Waals surface area contributed by atoms with Crippen molar-refractivity contribution in [2.24, 2.45) is 0 Å². The summed E-state index contributed by atoms with van der Waals surface area (Å²) in [5, 5.41) is 3.80. The maximum Gasteiger partial charge on any atom is 0.305 e. The van der Waals surface area contributed by atoms with E-state index >= 15 is 0 Å². The van der Waals surface area contributed by atoms with Gasteiger partial charge in [-0.25, -0.2) is 0 Å². The summed E-state index contributed by atoms with van der Waals surface area (Å²) in [7, 11) is 2.14. The number of carbonyl (C=O) groups is 1. The molecule has 0 aromatic heterocycles. The van der Waals surface area contributed by atoms with Crippen LogP contribution < -0.4 is 9.62 Å². The zero-order valence-electron chi connectivity index (χ0n) is 19.7. The molecular weight excluding hydrogens is 404 g/mol. The normalized spacial score (nSPS) is 14.6. The van der Waals surface area contributed by atoms with Gasteiger partial charge in [-0.15, -0.1) is 0 Å². The number of carbonyl (C=O) groups excluding carboxylic acids is 1. The summed E-state index contributed by atoms with van der Waals surface area (Å²) < 4.78 is 7.26. The van der Waals surface area contributed by atoms with Crippen LogP contribution in [0.15, 0.2) is 47.4 Å². The largest absolute Gasteiger partial charge is 0.466 e. The molecule has 1 N–H and O–H groups in total. The van der Waals surface area contributed by atoms with Crippen molar-refractivity contribution in [2.75, 3.05) is 24.5 Å². The number of hydrogen-bond acceptors (Lipinski definition) is 5. The summed E-state index contributed by atoms with van der Waals surface area (Å²) in [4.78, 5) is 12.7. The van der Waals surface area contributed by atoms with Crippen molar-refractivity contribution < 1.29 is 9.53 Å². The van der Waals surface area contributed by atoms with Crippen molar-refractivity contribution in [3.63, 3.8) is 0 Å². The number of para-hydroxylation sites is 1. The Balaban J connectivity index is 0.00000166. The third-order valence-electron chi connectivity index (χ3n) is 5.26. The van der Waals surface area contributed by atoms with E-state index in [0.717, 1.165) is 32.2 Å². The number of ether oxygens (including phenoxy) is 1. The predicted molar refractivity (Wildman–Crippen MR) is 133 cm³/mol.